The Hall–Kier alpha value is -1.09. The third-order valence-electron chi connectivity index (χ3n) is 1.65. The van der Waals surface area contributed by atoms with Crippen LogP contribution in [0.4, 0.5) is 4.39 Å². The van der Waals surface area contributed by atoms with Gasteiger partial charge in [0.05, 0.1) is 0 Å². The number of hydrogen-bond donors (Lipinski definition) is 1. The van der Waals surface area contributed by atoms with Crippen molar-refractivity contribution in [2.24, 2.45) is 0 Å². The highest BCUT2D eigenvalue weighted by molar-refractivity contribution is 6.31. The zero-order valence-corrected chi connectivity index (χ0v) is 7.64. The second-order valence-corrected chi connectivity index (χ2v) is 2.97. The Morgan fingerprint density at radius 1 is 1.54 bits per heavy atom. The number of nitrogens with one attached hydrogen (secondary N) is 1. The highest BCUT2D eigenvalue weighted by atomic mass is 35.5. The maximum absolute atomic E-state index is 12.2. The minimum atomic E-state index is -0.569. The fourth-order valence-corrected chi connectivity index (χ4v) is 1.22. The van der Waals surface area contributed by atoms with Gasteiger partial charge in [-0.3, -0.25) is 4.79 Å². The predicted octanol–water partition coefficient (Wildman–Crippen LogP) is 2.06. The summed E-state index contributed by atoms with van der Waals surface area (Å²) in [5.41, 5.74) is 1.32. The number of benzene rings is 1. The summed E-state index contributed by atoms with van der Waals surface area (Å²) in [5, 5.41) is 2.89. The Bertz CT molecular complexity index is 304. The molecule has 1 aromatic carbocycles. The molecule has 13 heavy (non-hydrogen) atoms. The van der Waals surface area contributed by atoms with Gasteiger partial charge in [-0.25, -0.2) is 4.39 Å². The fourth-order valence-electron chi connectivity index (χ4n) is 0.969. The van der Waals surface area contributed by atoms with Crippen molar-refractivity contribution in [2.45, 2.75) is 13.2 Å². The number of hydrogen-bond acceptors (Lipinski definition) is 1. The monoisotopic (exact) mass is 201 g/mol. The fraction of sp³-hybridized carbons (Fsp3) is 0.222. The molecule has 2 nitrogen and oxygen atoms in total. The molecule has 0 spiro atoms. The molecule has 0 saturated heterocycles. The van der Waals surface area contributed by atoms with Crippen molar-refractivity contribution in [3.63, 3.8) is 0 Å². The van der Waals surface area contributed by atoms with Crippen LogP contribution in [0.5, 0.6) is 0 Å². The predicted molar refractivity (Wildman–Crippen MR) is 49.2 cm³/mol. The molecule has 1 rings (SSSR count). The first-order valence-electron chi connectivity index (χ1n) is 3.78. The summed E-state index contributed by atoms with van der Waals surface area (Å²) in [6.45, 7) is -0.157. The van der Waals surface area contributed by atoms with Gasteiger partial charge in [0.25, 0.3) is 0 Å². The standard InChI is InChI=1S/C9H9ClFNO/c10-9-3-7(5-12-6-13)1-2-8(9)4-11/h1-3,6H,4-5H2,(H,12,13). The van der Waals surface area contributed by atoms with Gasteiger partial charge < -0.3 is 5.32 Å². The first-order chi connectivity index (χ1) is 6.27. The number of alkyl halides is 1. The largest absolute Gasteiger partial charge is 0.355 e. The molecule has 0 aliphatic carbocycles. The van der Waals surface area contributed by atoms with Crippen LogP contribution in [-0.2, 0) is 18.0 Å². The first-order valence-corrected chi connectivity index (χ1v) is 4.16. The molecule has 0 fully saturated rings. The average Bonchev–Trinajstić information content (AvgIpc) is 2.15. The molecule has 0 atom stereocenters. The molecule has 0 bridgehead atoms. The van der Waals surface area contributed by atoms with E-state index in [9.17, 15) is 9.18 Å². The second kappa shape index (κ2) is 4.82. The second-order valence-electron chi connectivity index (χ2n) is 2.56. The number of carbonyl (C=O) groups is 1. The van der Waals surface area contributed by atoms with Crippen LogP contribution in [0.15, 0.2) is 18.2 Å². The molecule has 0 unspecified atom stereocenters. The molecular formula is C9H9ClFNO. The van der Waals surface area contributed by atoms with Crippen LogP contribution in [-0.4, -0.2) is 6.41 Å². The van der Waals surface area contributed by atoms with Crippen LogP contribution >= 0.6 is 11.6 Å². The van der Waals surface area contributed by atoms with Crippen molar-refractivity contribution < 1.29 is 9.18 Å². The number of halogens is 2. The van der Waals surface area contributed by atoms with Gasteiger partial charge in [0.15, 0.2) is 0 Å². The molecular weight excluding hydrogens is 193 g/mol. The molecule has 1 amide bonds. The van der Waals surface area contributed by atoms with E-state index in [1.165, 1.54) is 0 Å². The van der Waals surface area contributed by atoms with Crippen LogP contribution in [0.1, 0.15) is 11.1 Å². The van der Waals surface area contributed by atoms with E-state index in [-0.39, 0.29) is 0 Å². The molecule has 0 aliphatic heterocycles. The van der Waals surface area contributed by atoms with E-state index in [1.54, 1.807) is 18.2 Å². The first kappa shape index (κ1) is 9.99. The summed E-state index contributed by atoms with van der Waals surface area (Å²) in [6, 6.07) is 4.99. The van der Waals surface area contributed by atoms with Crippen molar-refractivity contribution in [3.05, 3.63) is 34.3 Å². The number of amides is 1. The molecule has 0 aliphatic rings. The Labute approximate surface area is 80.7 Å². The molecule has 70 valence electrons. The lowest BCUT2D eigenvalue weighted by Gasteiger charge is -2.03. The SMILES string of the molecule is O=CNCc1ccc(CF)c(Cl)c1. The lowest BCUT2D eigenvalue weighted by atomic mass is 10.1. The average molecular weight is 202 g/mol. The van der Waals surface area contributed by atoms with Crippen molar-refractivity contribution in [1.82, 2.24) is 5.32 Å². The van der Waals surface area contributed by atoms with Gasteiger partial charge in [0.1, 0.15) is 6.67 Å². The van der Waals surface area contributed by atoms with E-state index in [1.807, 2.05) is 0 Å². The van der Waals surface area contributed by atoms with Gasteiger partial charge in [0, 0.05) is 17.1 Å². The minimum absolute atomic E-state index is 0.396. The molecule has 1 N–H and O–H groups in total. The summed E-state index contributed by atoms with van der Waals surface area (Å²) in [4.78, 5) is 9.98. The molecule has 0 radical (unpaired) electrons. The highest BCUT2D eigenvalue weighted by Gasteiger charge is 2.00. The van der Waals surface area contributed by atoms with E-state index in [2.05, 4.69) is 5.32 Å². The van der Waals surface area contributed by atoms with E-state index < -0.39 is 6.67 Å². The van der Waals surface area contributed by atoms with Crippen molar-refractivity contribution in [2.75, 3.05) is 0 Å². The van der Waals surface area contributed by atoms with Gasteiger partial charge in [-0.1, -0.05) is 23.7 Å². The van der Waals surface area contributed by atoms with Gasteiger partial charge in [0.2, 0.25) is 6.41 Å². The van der Waals surface area contributed by atoms with Gasteiger partial charge >= 0.3 is 0 Å². The molecule has 0 heterocycles. The third kappa shape index (κ3) is 2.70. The maximum Gasteiger partial charge on any atom is 0.207 e. The zero-order chi connectivity index (χ0) is 9.68. The van der Waals surface area contributed by atoms with Gasteiger partial charge in [-0.15, -0.1) is 0 Å². The highest BCUT2D eigenvalue weighted by Crippen LogP contribution is 2.18. The summed E-state index contributed by atoms with van der Waals surface area (Å²) >= 11 is 5.75. The molecule has 4 heteroatoms. The maximum atomic E-state index is 12.2. The summed E-state index contributed by atoms with van der Waals surface area (Å²) in [5.74, 6) is 0. The van der Waals surface area contributed by atoms with E-state index in [4.69, 9.17) is 11.6 Å². The van der Waals surface area contributed by atoms with Crippen LogP contribution in [0.2, 0.25) is 5.02 Å². The third-order valence-corrected chi connectivity index (χ3v) is 2.00. The topological polar surface area (TPSA) is 29.1 Å². The molecule has 0 saturated carbocycles. The van der Waals surface area contributed by atoms with Crippen LogP contribution < -0.4 is 5.32 Å². The van der Waals surface area contributed by atoms with Gasteiger partial charge in [-0.2, -0.15) is 0 Å². The van der Waals surface area contributed by atoms with Crippen LogP contribution in [0, 0.1) is 0 Å². The normalized spacial score (nSPS) is 9.69. The zero-order valence-electron chi connectivity index (χ0n) is 6.89. The summed E-state index contributed by atoms with van der Waals surface area (Å²) in [7, 11) is 0. The Morgan fingerprint density at radius 2 is 2.31 bits per heavy atom. The lowest BCUT2D eigenvalue weighted by molar-refractivity contribution is -0.109. The number of rotatable bonds is 4. The van der Waals surface area contributed by atoms with Crippen LogP contribution in [0.3, 0.4) is 0 Å². The van der Waals surface area contributed by atoms with E-state index in [0.29, 0.717) is 23.5 Å². The Kier molecular flexibility index (Phi) is 3.71. The quantitative estimate of drug-likeness (QED) is 0.743. The van der Waals surface area contributed by atoms with Gasteiger partial charge in [-0.05, 0) is 11.6 Å². The van der Waals surface area contributed by atoms with E-state index in [0.717, 1.165) is 5.56 Å². The summed E-state index contributed by atoms with van der Waals surface area (Å²) < 4.78 is 12.2. The number of carbonyl (C=O) groups excluding carboxylic acids is 1. The van der Waals surface area contributed by atoms with Crippen molar-refractivity contribution in [1.29, 1.82) is 0 Å². The smallest absolute Gasteiger partial charge is 0.207 e. The Balaban J connectivity index is 2.76. The lowest BCUT2D eigenvalue weighted by Crippen LogP contribution is -2.09. The minimum Gasteiger partial charge on any atom is -0.355 e. The van der Waals surface area contributed by atoms with Crippen molar-refractivity contribution >= 4 is 18.0 Å². The van der Waals surface area contributed by atoms with E-state index >= 15 is 0 Å². The van der Waals surface area contributed by atoms with Crippen LogP contribution in [0.25, 0.3) is 0 Å². The molecule has 1 aromatic rings. The van der Waals surface area contributed by atoms with Crippen molar-refractivity contribution in [3.8, 4) is 0 Å². The summed E-state index contributed by atoms with van der Waals surface area (Å²) in [6.07, 6.45) is 0.608. The Morgan fingerprint density at radius 3 is 2.85 bits per heavy atom. The molecule has 0 aromatic heterocycles.